The standard InChI is InChI=1S/C27H28Cl2N6O/c1-2-3-8-23(36)32-19-13-15-34(16-14-19)26-24-27(31-17-30-26)35(20-11-9-18(28)10-12-20)25(33-24)21-6-4-5-7-22(21)29/h4-7,9-12,17,19H,2-3,8,13-16H2,1H3,(H,32,36). The summed E-state index contributed by atoms with van der Waals surface area (Å²) in [4.78, 5) is 28.7. The number of aromatic nitrogens is 4. The summed E-state index contributed by atoms with van der Waals surface area (Å²) in [6, 6.07) is 15.4. The van der Waals surface area contributed by atoms with Gasteiger partial charge in [-0.2, -0.15) is 0 Å². The fourth-order valence-corrected chi connectivity index (χ4v) is 4.99. The summed E-state index contributed by atoms with van der Waals surface area (Å²) >= 11 is 12.8. The number of benzene rings is 2. The lowest BCUT2D eigenvalue weighted by molar-refractivity contribution is -0.122. The van der Waals surface area contributed by atoms with Crippen molar-refractivity contribution in [3.8, 4) is 17.1 Å². The Balaban J connectivity index is 1.50. The van der Waals surface area contributed by atoms with Crippen molar-refractivity contribution in [3.05, 3.63) is 64.9 Å². The predicted molar refractivity (Wildman–Crippen MR) is 145 cm³/mol. The van der Waals surface area contributed by atoms with Crippen molar-refractivity contribution in [2.24, 2.45) is 0 Å². The van der Waals surface area contributed by atoms with E-state index < -0.39 is 0 Å². The van der Waals surface area contributed by atoms with Crippen LogP contribution < -0.4 is 10.2 Å². The summed E-state index contributed by atoms with van der Waals surface area (Å²) in [5.41, 5.74) is 3.11. The van der Waals surface area contributed by atoms with Crippen molar-refractivity contribution in [1.82, 2.24) is 24.8 Å². The minimum absolute atomic E-state index is 0.144. The highest BCUT2D eigenvalue weighted by Gasteiger charge is 2.26. The Bertz CT molecular complexity index is 1360. The molecule has 1 amide bonds. The lowest BCUT2D eigenvalue weighted by Gasteiger charge is -2.33. The molecular formula is C27H28Cl2N6O. The quantitative estimate of drug-likeness (QED) is 0.319. The molecule has 2 aromatic carbocycles. The molecule has 2 aromatic heterocycles. The number of hydrogen-bond donors (Lipinski definition) is 1. The van der Waals surface area contributed by atoms with Gasteiger partial charge in [0.05, 0.1) is 5.02 Å². The summed E-state index contributed by atoms with van der Waals surface area (Å²) in [6.45, 7) is 3.65. The van der Waals surface area contributed by atoms with E-state index in [9.17, 15) is 4.79 Å². The first-order valence-electron chi connectivity index (χ1n) is 12.3. The molecule has 7 nitrogen and oxygen atoms in total. The lowest BCUT2D eigenvalue weighted by atomic mass is 10.0. The van der Waals surface area contributed by atoms with Crippen molar-refractivity contribution in [2.45, 2.75) is 45.1 Å². The van der Waals surface area contributed by atoms with E-state index in [1.165, 1.54) is 0 Å². The molecule has 0 spiro atoms. The van der Waals surface area contributed by atoms with Gasteiger partial charge in [0.2, 0.25) is 5.91 Å². The Labute approximate surface area is 220 Å². The number of fused-ring (bicyclic) bond motifs is 1. The second-order valence-corrected chi connectivity index (χ2v) is 9.87. The van der Waals surface area contributed by atoms with Crippen LogP contribution in [-0.4, -0.2) is 44.6 Å². The van der Waals surface area contributed by atoms with Gasteiger partial charge in [-0.25, -0.2) is 15.0 Å². The molecule has 5 rings (SSSR count). The Morgan fingerprint density at radius 2 is 1.81 bits per heavy atom. The first kappa shape index (κ1) is 24.5. The fraction of sp³-hybridized carbons (Fsp3) is 0.333. The van der Waals surface area contributed by atoms with Crippen LogP contribution in [0.4, 0.5) is 5.82 Å². The number of halogens is 2. The van der Waals surface area contributed by atoms with Gasteiger partial charge in [0.25, 0.3) is 0 Å². The van der Waals surface area contributed by atoms with E-state index in [-0.39, 0.29) is 11.9 Å². The predicted octanol–water partition coefficient (Wildman–Crippen LogP) is 6.06. The largest absolute Gasteiger partial charge is 0.355 e. The molecule has 1 fully saturated rings. The van der Waals surface area contributed by atoms with Gasteiger partial charge in [-0.15, -0.1) is 0 Å². The van der Waals surface area contributed by atoms with E-state index in [2.05, 4.69) is 27.1 Å². The zero-order valence-electron chi connectivity index (χ0n) is 20.1. The summed E-state index contributed by atoms with van der Waals surface area (Å²) < 4.78 is 2.00. The van der Waals surface area contributed by atoms with E-state index in [4.69, 9.17) is 28.2 Å². The Morgan fingerprint density at radius 3 is 2.53 bits per heavy atom. The lowest BCUT2D eigenvalue weighted by Crippen LogP contribution is -2.45. The maximum atomic E-state index is 12.2. The van der Waals surface area contributed by atoms with Gasteiger partial charge in [-0.05, 0) is 55.7 Å². The molecule has 0 unspecified atom stereocenters. The average Bonchev–Trinajstić information content (AvgIpc) is 3.28. The zero-order chi connectivity index (χ0) is 25.1. The van der Waals surface area contributed by atoms with Crippen LogP contribution in [0.15, 0.2) is 54.9 Å². The molecule has 1 N–H and O–H groups in total. The highest BCUT2D eigenvalue weighted by atomic mass is 35.5. The molecule has 1 aliphatic rings. The number of anilines is 1. The number of nitrogens with one attached hydrogen (secondary N) is 1. The van der Waals surface area contributed by atoms with Crippen molar-refractivity contribution >= 4 is 46.1 Å². The first-order chi connectivity index (χ1) is 17.5. The van der Waals surface area contributed by atoms with Crippen molar-refractivity contribution in [3.63, 3.8) is 0 Å². The number of amides is 1. The fourth-order valence-electron chi connectivity index (χ4n) is 4.64. The van der Waals surface area contributed by atoms with Crippen LogP contribution in [0.5, 0.6) is 0 Å². The van der Waals surface area contributed by atoms with Crippen LogP contribution in [0.1, 0.15) is 39.0 Å². The van der Waals surface area contributed by atoms with E-state index in [1.807, 2.05) is 53.1 Å². The normalized spacial score (nSPS) is 14.4. The molecule has 3 heterocycles. The van der Waals surface area contributed by atoms with Crippen LogP contribution in [0.2, 0.25) is 10.0 Å². The Kier molecular flexibility index (Phi) is 7.39. The number of hydrogen-bond acceptors (Lipinski definition) is 5. The van der Waals surface area contributed by atoms with Crippen molar-refractivity contribution in [2.75, 3.05) is 18.0 Å². The maximum absolute atomic E-state index is 12.2. The van der Waals surface area contributed by atoms with Crippen LogP contribution in [0.25, 0.3) is 28.2 Å². The molecule has 0 saturated carbocycles. The summed E-state index contributed by atoms with van der Waals surface area (Å²) in [6.07, 6.45) is 5.84. The van der Waals surface area contributed by atoms with E-state index in [0.717, 1.165) is 55.8 Å². The molecule has 9 heteroatoms. The number of carbonyl (C=O) groups is 1. The molecular weight excluding hydrogens is 495 g/mol. The van der Waals surface area contributed by atoms with Crippen LogP contribution in [0.3, 0.4) is 0 Å². The summed E-state index contributed by atoms with van der Waals surface area (Å²) in [5.74, 6) is 1.63. The number of imidazole rings is 1. The third-order valence-corrected chi connectivity index (χ3v) is 7.12. The maximum Gasteiger partial charge on any atom is 0.220 e. The van der Waals surface area contributed by atoms with Gasteiger partial charge < -0.3 is 10.2 Å². The third-order valence-electron chi connectivity index (χ3n) is 6.54. The molecule has 0 bridgehead atoms. The van der Waals surface area contributed by atoms with Crippen LogP contribution >= 0.6 is 23.2 Å². The van der Waals surface area contributed by atoms with Gasteiger partial charge in [0, 0.05) is 41.8 Å². The van der Waals surface area contributed by atoms with E-state index >= 15 is 0 Å². The second-order valence-electron chi connectivity index (χ2n) is 9.03. The van der Waals surface area contributed by atoms with Gasteiger partial charge in [-0.1, -0.05) is 48.7 Å². The summed E-state index contributed by atoms with van der Waals surface area (Å²) in [7, 11) is 0. The van der Waals surface area contributed by atoms with Gasteiger partial charge in [-0.3, -0.25) is 9.36 Å². The average molecular weight is 523 g/mol. The Hall–Kier alpha value is -3.16. The third kappa shape index (κ3) is 5.04. The number of rotatable bonds is 7. The van der Waals surface area contributed by atoms with Crippen LogP contribution in [-0.2, 0) is 4.79 Å². The first-order valence-corrected chi connectivity index (χ1v) is 13.1. The highest BCUT2D eigenvalue weighted by Crippen LogP contribution is 2.35. The second kappa shape index (κ2) is 10.8. The minimum Gasteiger partial charge on any atom is -0.355 e. The SMILES string of the molecule is CCCCC(=O)NC1CCN(c2ncnc3c2nc(-c2ccccc2Cl)n3-c2ccc(Cl)cc2)CC1. The number of nitrogens with zero attached hydrogens (tertiary/aromatic N) is 5. The topological polar surface area (TPSA) is 75.9 Å². The molecule has 186 valence electrons. The number of carbonyl (C=O) groups excluding carboxylic acids is 1. The molecule has 0 atom stereocenters. The number of unbranched alkanes of at least 4 members (excludes halogenated alkanes) is 1. The zero-order valence-corrected chi connectivity index (χ0v) is 21.6. The van der Waals surface area contributed by atoms with Crippen LogP contribution in [0, 0.1) is 0 Å². The molecule has 0 aliphatic carbocycles. The molecule has 1 saturated heterocycles. The van der Waals surface area contributed by atoms with Gasteiger partial charge in [0.15, 0.2) is 17.0 Å². The molecule has 0 radical (unpaired) electrons. The minimum atomic E-state index is 0.144. The van der Waals surface area contributed by atoms with Crippen molar-refractivity contribution in [1.29, 1.82) is 0 Å². The number of piperidine rings is 1. The van der Waals surface area contributed by atoms with E-state index in [1.54, 1.807) is 6.33 Å². The Morgan fingerprint density at radius 1 is 1.06 bits per heavy atom. The summed E-state index contributed by atoms with van der Waals surface area (Å²) in [5, 5.41) is 4.45. The van der Waals surface area contributed by atoms with Gasteiger partial charge >= 0.3 is 0 Å². The molecule has 4 aromatic rings. The highest BCUT2D eigenvalue weighted by molar-refractivity contribution is 6.33. The van der Waals surface area contributed by atoms with E-state index in [0.29, 0.717) is 33.5 Å². The van der Waals surface area contributed by atoms with Gasteiger partial charge in [0.1, 0.15) is 12.2 Å². The molecule has 1 aliphatic heterocycles. The monoisotopic (exact) mass is 522 g/mol. The smallest absolute Gasteiger partial charge is 0.220 e. The van der Waals surface area contributed by atoms with Crippen molar-refractivity contribution < 1.29 is 4.79 Å². The molecule has 36 heavy (non-hydrogen) atoms.